The van der Waals surface area contributed by atoms with Gasteiger partial charge in [0.15, 0.2) is 6.29 Å². The van der Waals surface area contributed by atoms with Gasteiger partial charge in [0.05, 0.1) is 23.9 Å². The van der Waals surface area contributed by atoms with E-state index in [0.29, 0.717) is 16.8 Å². The zero-order valence-corrected chi connectivity index (χ0v) is 19.7. The molecule has 2 aromatic carbocycles. The maximum absolute atomic E-state index is 12.3. The van der Waals surface area contributed by atoms with E-state index in [2.05, 4.69) is 5.32 Å². The van der Waals surface area contributed by atoms with Crippen molar-refractivity contribution < 1.29 is 28.4 Å². The van der Waals surface area contributed by atoms with Crippen LogP contribution in [0.3, 0.4) is 0 Å². The Morgan fingerprint density at radius 3 is 2.33 bits per heavy atom. The number of carbonyl (C=O) groups excluding carboxylic acids is 2. The van der Waals surface area contributed by atoms with Crippen LogP contribution in [0.1, 0.15) is 49.2 Å². The second-order valence-corrected chi connectivity index (χ2v) is 8.84. The normalized spacial score (nSPS) is 16.9. The number of carbonyl (C=O) groups is 2. The highest BCUT2D eigenvalue weighted by atomic mass is 16.7. The number of amides is 1. The number of hydrogen-bond donors (Lipinski definition) is 1. The van der Waals surface area contributed by atoms with Gasteiger partial charge in [0.25, 0.3) is 0 Å². The Labute approximate surface area is 195 Å². The molecule has 0 aromatic heterocycles. The van der Waals surface area contributed by atoms with Crippen LogP contribution in [0.4, 0.5) is 4.79 Å². The molecule has 174 valence electrons. The van der Waals surface area contributed by atoms with E-state index in [0.717, 1.165) is 17.4 Å². The van der Waals surface area contributed by atoms with Crippen molar-refractivity contribution in [3.63, 3.8) is 0 Å². The molecule has 33 heavy (non-hydrogen) atoms. The van der Waals surface area contributed by atoms with Crippen molar-refractivity contribution in [1.82, 2.24) is 5.32 Å². The Kier molecular flexibility index (Phi) is 7.61. The molecule has 0 atom stereocenters. The summed E-state index contributed by atoms with van der Waals surface area (Å²) in [5.41, 5.74) is 1.76. The maximum atomic E-state index is 12.3. The van der Waals surface area contributed by atoms with Crippen LogP contribution >= 0.6 is 0 Å². The minimum atomic E-state index is -0.666. The Morgan fingerprint density at radius 1 is 1.06 bits per heavy atom. The van der Waals surface area contributed by atoms with Crippen molar-refractivity contribution in [3.05, 3.63) is 70.7 Å². The third-order valence-electron chi connectivity index (χ3n) is 5.94. The molecule has 0 spiro atoms. The molecule has 1 fully saturated rings. The second kappa shape index (κ2) is 10.2. The Morgan fingerprint density at radius 2 is 1.73 bits per heavy atom. The Balaban J connectivity index is 1.78. The van der Waals surface area contributed by atoms with E-state index in [1.54, 1.807) is 18.2 Å². The summed E-state index contributed by atoms with van der Waals surface area (Å²) in [4.78, 5) is 23.5. The van der Waals surface area contributed by atoms with E-state index in [-0.39, 0.29) is 13.2 Å². The quantitative estimate of drug-likeness (QED) is 0.472. The second-order valence-electron chi connectivity index (χ2n) is 8.84. The maximum Gasteiger partial charge on any atom is 0.492 e. The number of alkyl carbamates (subject to hydrolysis) is 1. The standard InChI is InChI=1S/C25H30BNO6/c1-24(2)25(3,4)33-26(32-24)21(13-19-11-12-20(16-28)22(14-19)30-5)15-27-23(29)31-17-18-9-7-6-8-10-18/h6-14,16H,15,17H2,1-5H3,(H,27,29). The van der Waals surface area contributed by atoms with Crippen molar-refractivity contribution in [3.8, 4) is 5.75 Å². The molecular formula is C25H30BNO6. The predicted molar refractivity (Wildman–Crippen MR) is 127 cm³/mol. The summed E-state index contributed by atoms with van der Waals surface area (Å²) >= 11 is 0. The summed E-state index contributed by atoms with van der Waals surface area (Å²) in [6.45, 7) is 8.19. The first kappa shape index (κ1) is 24.5. The number of aldehydes is 1. The molecule has 1 saturated heterocycles. The first-order valence-electron chi connectivity index (χ1n) is 10.8. The molecule has 0 saturated carbocycles. The van der Waals surface area contributed by atoms with Gasteiger partial charge in [0.2, 0.25) is 0 Å². The van der Waals surface area contributed by atoms with Gasteiger partial charge in [-0.05, 0) is 56.4 Å². The minimum absolute atomic E-state index is 0.155. The lowest BCUT2D eigenvalue weighted by molar-refractivity contribution is 0.00578. The number of nitrogens with one attached hydrogen (secondary N) is 1. The van der Waals surface area contributed by atoms with Gasteiger partial charge in [-0.2, -0.15) is 0 Å². The average Bonchev–Trinajstić information content (AvgIpc) is 3.02. The molecule has 1 aliphatic heterocycles. The minimum Gasteiger partial charge on any atom is -0.496 e. The summed E-state index contributed by atoms with van der Waals surface area (Å²) in [5, 5.41) is 2.78. The zero-order chi connectivity index (χ0) is 24.1. The first-order valence-corrected chi connectivity index (χ1v) is 10.8. The molecule has 0 aliphatic carbocycles. The fourth-order valence-electron chi connectivity index (χ4n) is 3.27. The number of hydrogen-bond acceptors (Lipinski definition) is 6. The third-order valence-corrected chi connectivity index (χ3v) is 5.94. The molecule has 0 radical (unpaired) electrons. The number of methoxy groups -OCH3 is 1. The molecule has 3 rings (SSSR count). The van der Waals surface area contributed by atoms with E-state index in [9.17, 15) is 9.59 Å². The molecule has 1 heterocycles. The van der Waals surface area contributed by atoms with Gasteiger partial charge in [-0.15, -0.1) is 0 Å². The summed E-state index contributed by atoms with van der Waals surface area (Å²) in [6, 6.07) is 14.7. The molecule has 8 heteroatoms. The fraction of sp³-hybridized carbons (Fsp3) is 0.360. The lowest BCUT2D eigenvalue weighted by Crippen LogP contribution is -2.41. The summed E-state index contributed by atoms with van der Waals surface area (Å²) in [7, 11) is 0.844. The Bertz CT molecular complexity index is 1000. The van der Waals surface area contributed by atoms with Crippen LogP contribution in [0, 0.1) is 0 Å². The van der Waals surface area contributed by atoms with Crippen molar-refractivity contribution in [2.75, 3.05) is 13.7 Å². The Hall–Kier alpha value is -3.10. The van der Waals surface area contributed by atoms with Crippen LogP contribution in [-0.2, 0) is 20.7 Å². The average molecular weight is 451 g/mol. The van der Waals surface area contributed by atoms with Gasteiger partial charge in [-0.25, -0.2) is 4.79 Å². The van der Waals surface area contributed by atoms with Crippen LogP contribution in [0.2, 0.25) is 0 Å². The molecular weight excluding hydrogens is 421 g/mol. The summed E-state index contributed by atoms with van der Waals surface area (Å²) in [6.07, 6.45) is 2.05. The van der Waals surface area contributed by atoms with E-state index >= 15 is 0 Å². The van der Waals surface area contributed by atoms with Crippen LogP contribution in [0.5, 0.6) is 5.75 Å². The SMILES string of the molecule is COc1cc(C=C(CNC(=O)OCc2ccccc2)B2OC(C)(C)C(C)(C)O2)ccc1C=O. The fourth-order valence-corrected chi connectivity index (χ4v) is 3.27. The molecule has 2 aromatic rings. The monoisotopic (exact) mass is 451 g/mol. The van der Waals surface area contributed by atoms with Gasteiger partial charge in [0, 0.05) is 6.54 Å². The van der Waals surface area contributed by atoms with E-state index in [4.69, 9.17) is 18.8 Å². The number of rotatable bonds is 8. The van der Waals surface area contributed by atoms with Crippen LogP contribution < -0.4 is 10.1 Å². The van der Waals surface area contributed by atoms with Gasteiger partial charge in [0.1, 0.15) is 12.4 Å². The lowest BCUT2D eigenvalue weighted by atomic mass is 9.77. The van der Waals surface area contributed by atoms with Crippen LogP contribution in [0.15, 0.2) is 54.0 Å². The molecule has 1 N–H and O–H groups in total. The molecule has 7 nitrogen and oxygen atoms in total. The van der Waals surface area contributed by atoms with Gasteiger partial charge < -0.3 is 24.1 Å². The van der Waals surface area contributed by atoms with Gasteiger partial charge in [-0.3, -0.25) is 4.79 Å². The zero-order valence-electron chi connectivity index (χ0n) is 19.7. The van der Waals surface area contributed by atoms with Crippen molar-refractivity contribution >= 4 is 25.6 Å². The molecule has 0 bridgehead atoms. The summed E-state index contributed by atoms with van der Waals surface area (Å²) in [5.74, 6) is 0.460. The highest BCUT2D eigenvalue weighted by Crippen LogP contribution is 2.38. The smallest absolute Gasteiger partial charge is 0.492 e. The highest BCUT2D eigenvalue weighted by molar-refractivity contribution is 6.56. The van der Waals surface area contributed by atoms with Crippen molar-refractivity contribution in [2.24, 2.45) is 0 Å². The lowest BCUT2D eigenvalue weighted by Gasteiger charge is -2.32. The molecule has 0 unspecified atom stereocenters. The van der Waals surface area contributed by atoms with Gasteiger partial charge >= 0.3 is 13.2 Å². The summed E-state index contributed by atoms with van der Waals surface area (Å²) < 4.78 is 23.0. The van der Waals surface area contributed by atoms with E-state index in [1.165, 1.54) is 7.11 Å². The van der Waals surface area contributed by atoms with E-state index in [1.807, 2.05) is 64.1 Å². The third kappa shape index (κ3) is 6.03. The largest absolute Gasteiger partial charge is 0.496 e. The van der Waals surface area contributed by atoms with Crippen LogP contribution in [0.25, 0.3) is 6.08 Å². The molecule has 1 aliphatic rings. The highest BCUT2D eigenvalue weighted by Gasteiger charge is 2.52. The number of benzene rings is 2. The van der Waals surface area contributed by atoms with Crippen LogP contribution in [-0.4, -0.2) is 44.4 Å². The topological polar surface area (TPSA) is 83.1 Å². The number of ether oxygens (including phenoxy) is 2. The predicted octanol–water partition coefficient (Wildman–Crippen LogP) is 4.45. The van der Waals surface area contributed by atoms with Crippen molar-refractivity contribution in [1.29, 1.82) is 0 Å². The first-order chi connectivity index (χ1) is 15.6. The van der Waals surface area contributed by atoms with Crippen molar-refractivity contribution in [2.45, 2.75) is 45.5 Å². The van der Waals surface area contributed by atoms with Gasteiger partial charge in [-0.1, -0.05) is 42.5 Å². The van der Waals surface area contributed by atoms with E-state index < -0.39 is 24.4 Å². The molecule has 1 amide bonds.